The fourth-order valence-electron chi connectivity index (χ4n) is 2.60. The van der Waals surface area contributed by atoms with Crippen LogP contribution in [0, 0.1) is 20.8 Å². The van der Waals surface area contributed by atoms with E-state index in [9.17, 15) is 0 Å². The van der Waals surface area contributed by atoms with Crippen LogP contribution in [0.4, 0.5) is 0 Å². The third-order valence-corrected chi connectivity index (χ3v) is 3.88. The summed E-state index contributed by atoms with van der Waals surface area (Å²) in [6, 6.07) is 4.36. The van der Waals surface area contributed by atoms with Crippen molar-refractivity contribution in [3.8, 4) is 5.75 Å². The Labute approximate surface area is 155 Å². The summed E-state index contributed by atoms with van der Waals surface area (Å²) >= 11 is 0. The van der Waals surface area contributed by atoms with Crippen molar-refractivity contribution in [3.63, 3.8) is 0 Å². The minimum absolute atomic E-state index is 0. The topological polar surface area (TPSA) is 9.23 Å². The van der Waals surface area contributed by atoms with E-state index < -0.39 is 0 Å². The van der Waals surface area contributed by atoms with Gasteiger partial charge >= 0.3 is 21.7 Å². The van der Waals surface area contributed by atoms with Gasteiger partial charge in [-0.3, -0.25) is 0 Å². The molecule has 114 valence electrons. The van der Waals surface area contributed by atoms with Gasteiger partial charge in [0.1, 0.15) is 11.5 Å². The van der Waals surface area contributed by atoms with Gasteiger partial charge in [-0.2, -0.15) is 0 Å². The van der Waals surface area contributed by atoms with Crippen LogP contribution >= 0.6 is 0 Å². The van der Waals surface area contributed by atoms with E-state index in [1.165, 1.54) is 33.4 Å². The van der Waals surface area contributed by atoms with E-state index in [1.54, 1.807) is 0 Å². The van der Waals surface area contributed by atoms with Gasteiger partial charge in [-0.25, -0.2) is 0 Å². The normalized spacial score (nSPS) is 13.4. The van der Waals surface area contributed by atoms with E-state index in [-0.39, 0.29) is 46.5 Å². The molecule has 0 saturated carbocycles. The molecule has 1 aliphatic rings. The number of benzene rings is 1. The molecule has 0 heterocycles. The van der Waals surface area contributed by atoms with Crippen LogP contribution < -0.4 is 29.6 Å². The average molecular weight is 361 g/mol. The van der Waals surface area contributed by atoms with E-state index in [0.717, 1.165) is 17.9 Å². The minimum atomic E-state index is 0. The maximum Gasteiger partial charge on any atom is 2.00 e. The summed E-state index contributed by atoms with van der Waals surface area (Å²) in [6.07, 6.45) is 0.949. The molecule has 0 N–H and O–H groups in total. The van der Waals surface area contributed by atoms with E-state index in [2.05, 4.69) is 53.7 Å². The monoisotopic (exact) mass is 360 g/mol. The Kier molecular flexibility index (Phi) is 9.94. The summed E-state index contributed by atoms with van der Waals surface area (Å²) in [5.74, 6) is 2.14. The first-order valence-corrected chi connectivity index (χ1v) is 6.52. The van der Waals surface area contributed by atoms with Crippen molar-refractivity contribution < 1.29 is 51.3 Å². The number of hydrogen-bond acceptors (Lipinski definition) is 1. The van der Waals surface area contributed by atoms with Gasteiger partial charge in [-0.15, -0.1) is 0 Å². The van der Waals surface area contributed by atoms with E-state index >= 15 is 0 Å². The van der Waals surface area contributed by atoms with Crippen LogP contribution in [-0.4, -0.2) is 0 Å². The van der Waals surface area contributed by atoms with E-state index in [0.29, 0.717) is 0 Å². The van der Waals surface area contributed by atoms with Crippen molar-refractivity contribution in [1.29, 1.82) is 0 Å². The van der Waals surface area contributed by atoms with Crippen molar-refractivity contribution >= 4 is 0 Å². The Morgan fingerprint density at radius 2 is 1.29 bits per heavy atom. The number of aryl methyl sites for hydroxylation is 3. The number of halogens is 2. The average Bonchev–Trinajstić information content (AvgIpc) is 2.51. The molecule has 0 unspecified atom stereocenters. The number of hydrogen-bond donors (Lipinski definition) is 0. The summed E-state index contributed by atoms with van der Waals surface area (Å²) in [6.45, 7) is 12.9. The second-order valence-electron chi connectivity index (χ2n) is 5.46. The van der Waals surface area contributed by atoms with E-state index in [4.69, 9.17) is 4.74 Å². The van der Waals surface area contributed by atoms with Gasteiger partial charge in [0.2, 0.25) is 0 Å². The fourth-order valence-corrected chi connectivity index (χ4v) is 2.60. The molecule has 0 fully saturated rings. The van der Waals surface area contributed by atoms with Gasteiger partial charge in [0.05, 0.1) is 0 Å². The van der Waals surface area contributed by atoms with Crippen LogP contribution in [0.15, 0.2) is 34.6 Å². The van der Waals surface area contributed by atoms with Crippen LogP contribution in [0.3, 0.4) is 0 Å². The molecule has 0 radical (unpaired) electrons. The largest absolute Gasteiger partial charge is 2.00 e. The maximum absolute atomic E-state index is 6.18. The predicted molar refractivity (Wildman–Crippen MR) is 77.0 cm³/mol. The van der Waals surface area contributed by atoms with Crippen molar-refractivity contribution in [1.82, 2.24) is 0 Å². The zero-order valence-electron chi connectivity index (χ0n) is 13.5. The van der Waals surface area contributed by atoms with Crippen molar-refractivity contribution in [2.45, 2.75) is 48.0 Å². The van der Waals surface area contributed by atoms with E-state index in [1.807, 2.05) is 0 Å². The summed E-state index contributed by atoms with van der Waals surface area (Å²) in [5.41, 5.74) is 7.83. The predicted octanol–water partition coefficient (Wildman–Crippen LogP) is -0.990. The Morgan fingerprint density at radius 3 is 1.67 bits per heavy atom. The van der Waals surface area contributed by atoms with Gasteiger partial charge in [-0.1, -0.05) is 23.3 Å². The first kappa shape index (κ1) is 23.1. The molecule has 0 aromatic heterocycles. The van der Waals surface area contributed by atoms with Gasteiger partial charge in [0.25, 0.3) is 0 Å². The molecule has 0 aliphatic heterocycles. The van der Waals surface area contributed by atoms with Crippen molar-refractivity contribution in [2.75, 3.05) is 0 Å². The third kappa shape index (κ3) is 4.89. The van der Waals surface area contributed by atoms with Crippen LogP contribution in [0.1, 0.15) is 43.9 Å². The zero-order valence-corrected chi connectivity index (χ0v) is 16.6. The number of ether oxygens (including phenoxy) is 1. The van der Waals surface area contributed by atoms with Crippen LogP contribution in [0.5, 0.6) is 5.75 Å². The number of allylic oxidation sites excluding steroid dienone is 3. The SMILES string of the molecule is CC1=C(C)C(C)=C(Oc2c(C)cc(C)cc2C)C1.[Cl-].[Cl-].[Ti+2]. The Balaban J connectivity index is 0. The molecule has 0 spiro atoms. The first-order chi connectivity index (χ1) is 8.40. The molecule has 2 rings (SSSR count). The second kappa shape index (κ2) is 9.05. The molecule has 4 heteroatoms. The molecule has 0 saturated heterocycles. The van der Waals surface area contributed by atoms with Crippen molar-refractivity contribution in [2.24, 2.45) is 0 Å². The fraction of sp³-hybridized carbons (Fsp3) is 0.412. The van der Waals surface area contributed by atoms with Crippen molar-refractivity contribution in [3.05, 3.63) is 51.3 Å². The molecule has 1 nitrogen and oxygen atoms in total. The molecule has 0 bridgehead atoms. The second-order valence-corrected chi connectivity index (χ2v) is 5.46. The minimum Gasteiger partial charge on any atom is -1.00 e. The molecule has 21 heavy (non-hydrogen) atoms. The molecule has 0 atom stereocenters. The van der Waals surface area contributed by atoms with Gasteiger partial charge in [0.15, 0.2) is 0 Å². The third-order valence-electron chi connectivity index (χ3n) is 3.88. The molecule has 1 aliphatic carbocycles. The summed E-state index contributed by atoms with van der Waals surface area (Å²) in [4.78, 5) is 0. The molecule has 1 aromatic rings. The van der Waals surface area contributed by atoms with Gasteiger partial charge < -0.3 is 29.6 Å². The molecule has 1 aromatic carbocycles. The van der Waals surface area contributed by atoms with Crippen LogP contribution in [0.2, 0.25) is 0 Å². The smallest absolute Gasteiger partial charge is 1.00 e. The molecular weight excluding hydrogens is 339 g/mol. The molecular formula is C17H22Cl2OTi. The standard InChI is InChI=1S/C17H22O.2ClH.Ti/c1-10-7-12(3)17(13(4)8-10)18-16-9-11(2)14(5)15(16)6;;;/h7-8H,9H2,1-6H3;2*1H;/q;;;+2/p-2. The van der Waals surface area contributed by atoms with Gasteiger partial charge in [-0.05, 0) is 63.8 Å². The Morgan fingerprint density at radius 1 is 0.810 bits per heavy atom. The van der Waals surface area contributed by atoms with Crippen LogP contribution in [0.25, 0.3) is 0 Å². The first-order valence-electron chi connectivity index (χ1n) is 6.52. The van der Waals surface area contributed by atoms with Gasteiger partial charge in [0, 0.05) is 6.42 Å². The quantitative estimate of drug-likeness (QED) is 0.615. The summed E-state index contributed by atoms with van der Waals surface area (Å²) < 4.78 is 6.18. The summed E-state index contributed by atoms with van der Waals surface area (Å²) in [5, 5.41) is 0. The Bertz CT molecular complexity index is 551. The zero-order chi connectivity index (χ0) is 13.4. The summed E-state index contributed by atoms with van der Waals surface area (Å²) in [7, 11) is 0. The molecule has 0 amide bonds. The maximum atomic E-state index is 6.18. The Hall–Kier alpha value is -0.206. The number of rotatable bonds is 2. The van der Waals surface area contributed by atoms with Crippen LogP contribution in [-0.2, 0) is 21.7 Å².